The van der Waals surface area contributed by atoms with Crippen LogP contribution in [0.3, 0.4) is 0 Å². The molecule has 0 aliphatic carbocycles. The molecule has 1 aliphatic heterocycles. The van der Waals surface area contributed by atoms with Gasteiger partial charge in [-0.1, -0.05) is 36.4 Å². The molecule has 31 heavy (non-hydrogen) atoms. The molecule has 0 spiro atoms. The summed E-state index contributed by atoms with van der Waals surface area (Å²) in [7, 11) is 1.68. The summed E-state index contributed by atoms with van der Waals surface area (Å²) in [4.78, 5) is 19.3. The van der Waals surface area contributed by atoms with Crippen molar-refractivity contribution < 1.29 is 9.53 Å². The van der Waals surface area contributed by atoms with Crippen LogP contribution in [0.2, 0.25) is 0 Å². The van der Waals surface area contributed by atoms with Crippen molar-refractivity contribution in [2.75, 3.05) is 26.7 Å². The maximum Gasteiger partial charge on any atom is 0.222 e. The van der Waals surface area contributed by atoms with Gasteiger partial charge in [0.05, 0.1) is 13.7 Å². The van der Waals surface area contributed by atoms with E-state index in [0.717, 1.165) is 55.3 Å². The van der Waals surface area contributed by atoms with Crippen LogP contribution < -0.4 is 15.4 Å². The third kappa shape index (κ3) is 6.48. The third-order valence-electron chi connectivity index (χ3n) is 5.54. The molecule has 1 heterocycles. The molecule has 1 amide bonds. The fourth-order valence-electron chi connectivity index (χ4n) is 3.80. The highest BCUT2D eigenvalue weighted by Crippen LogP contribution is 2.21. The van der Waals surface area contributed by atoms with E-state index >= 15 is 0 Å². The number of fused-ring (bicyclic) bond motifs is 1. The first kappa shape index (κ1) is 22.7. The first-order valence-corrected chi connectivity index (χ1v) is 11.1. The Morgan fingerprint density at radius 3 is 2.74 bits per heavy atom. The van der Waals surface area contributed by atoms with Crippen LogP contribution in [0.5, 0.6) is 5.75 Å². The van der Waals surface area contributed by atoms with Crippen LogP contribution in [0.15, 0.2) is 47.5 Å². The van der Waals surface area contributed by atoms with Gasteiger partial charge in [0.2, 0.25) is 5.91 Å². The van der Waals surface area contributed by atoms with Gasteiger partial charge < -0.3 is 20.3 Å². The average molecular weight is 423 g/mol. The second-order valence-corrected chi connectivity index (χ2v) is 7.87. The lowest BCUT2D eigenvalue weighted by Crippen LogP contribution is -2.39. The molecule has 6 heteroatoms. The first-order chi connectivity index (χ1) is 15.1. The van der Waals surface area contributed by atoms with E-state index in [0.29, 0.717) is 19.5 Å². The molecule has 0 saturated carbocycles. The molecular weight excluding hydrogens is 388 g/mol. The molecule has 3 rings (SSSR count). The van der Waals surface area contributed by atoms with Crippen molar-refractivity contribution in [2.45, 2.75) is 46.2 Å². The lowest BCUT2D eigenvalue weighted by Gasteiger charge is -2.29. The summed E-state index contributed by atoms with van der Waals surface area (Å²) in [6.45, 7) is 7.64. The van der Waals surface area contributed by atoms with Crippen LogP contribution >= 0.6 is 0 Å². The summed E-state index contributed by atoms with van der Waals surface area (Å²) >= 11 is 0. The van der Waals surface area contributed by atoms with E-state index in [1.807, 2.05) is 30.9 Å². The number of benzene rings is 2. The molecule has 0 aromatic heterocycles. The number of amides is 1. The molecule has 166 valence electrons. The van der Waals surface area contributed by atoms with Crippen LogP contribution in [0.4, 0.5) is 0 Å². The molecule has 0 radical (unpaired) electrons. The van der Waals surface area contributed by atoms with Crippen LogP contribution in [-0.4, -0.2) is 43.5 Å². The molecule has 0 atom stereocenters. The van der Waals surface area contributed by atoms with E-state index in [1.165, 1.54) is 11.1 Å². The van der Waals surface area contributed by atoms with E-state index in [4.69, 9.17) is 4.74 Å². The van der Waals surface area contributed by atoms with E-state index in [9.17, 15) is 4.79 Å². The molecule has 2 N–H and O–H groups in total. The molecule has 2 aromatic rings. The maximum atomic E-state index is 12.6. The standard InChI is InChI=1S/C25H34N4O2/c1-4-26-25(28-17-21-12-11-19(2)16-23(21)31-3)27-14-7-10-24(30)29-15-13-20-8-5-6-9-22(20)18-29/h5-6,8-9,11-12,16H,4,7,10,13-15,17-18H2,1-3H3,(H2,26,27,28). The topological polar surface area (TPSA) is 66.0 Å². The Morgan fingerprint density at radius 2 is 1.97 bits per heavy atom. The lowest BCUT2D eigenvalue weighted by molar-refractivity contribution is -0.132. The van der Waals surface area contributed by atoms with Crippen LogP contribution in [0.1, 0.15) is 42.0 Å². The number of carbonyl (C=O) groups excluding carboxylic acids is 1. The van der Waals surface area contributed by atoms with Crippen molar-refractivity contribution in [2.24, 2.45) is 4.99 Å². The minimum absolute atomic E-state index is 0.225. The number of nitrogens with zero attached hydrogens (tertiary/aromatic N) is 2. The molecule has 2 aromatic carbocycles. The molecule has 1 aliphatic rings. The summed E-state index contributed by atoms with van der Waals surface area (Å²) in [5.41, 5.74) is 4.85. The second kappa shape index (κ2) is 11.4. The number of carbonyl (C=O) groups is 1. The van der Waals surface area contributed by atoms with Gasteiger partial charge in [-0.25, -0.2) is 4.99 Å². The summed E-state index contributed by atoms with van der Waals surface area (Å²) in [5, 5.41) is 6.61. The van der Waals surface area contributed by atoms with E-state index in [1.54, 1.807) is 7.11 Å². The Morgan fingerprint density at radius 1 is 1.16 bits per heavy atom. The zero-order chi connectivity index (χ0) is 22.1. The Balaban J connectivity index is 1.46. The Labute approximate surface area is 185 Å². The zero-order valence-electron chi connectivity index (χ0n) is 18.9. The van der Waals surface area contributed by atoms with Crippen molar-refractivity contribution in [3.05, 3.63) is 64.7 Å². The number of hydrogen-bond acceptors (Lipinski definition) is 3. The molecule has 6 nitrogen and oxygen atoms in total. The lowest BCUT2D eigenvalue weighted by atomic mass is 9.99. The number of aryl methyl sites for hydroxylation is 1. The van der Waals surface area contributed by atoms with Gasteiger partial charge in [0.1, 0.15) is 5.75 Å². The Kier molecular flexibility index (Phi) is 8.33. The minimum Gasteiger partial charge on any atom is -0.496 e. The number of methoxy groups -OCH3 is 1. The maximum absolute atomic E-state index is 12.6. The van der Waals surface area contributed by atoms with Gasteiger partial charge in [-0.05, 0) is 49.4 Å². The van der Waals surface area contributed by atoms with E-state index in [2.05, 4.69) is 46.0 Å². The van der Waals surface area contributed by atoms with Gasteiger partial charge in [-0.15, -0.1) is 0 Å². The third-order valence-corrected chi connectivity index (χ3v) is 5.54. The fraction of sp³-hybridized carbons (Fsp3) is 0.440. The summed E-state index contributed by atoms with van der Waals surface area (Å²) in [5.74, 6) is 1.83. The van der Waals surface area contributed by atoms with Crippen molar-refractivity contribution in [3.63, 3.8) is 0 Å². The van der Waals surface area contributed by atoms with Crippen molar-refractivity contribution in [1.29, 1.82) is 0 Å². The number of nitrogens with one attached hydrogen (secondary N) is 2. The predicted molar refractivity (Wildman–Crippen MR) is 125 cm³/mol. The van der Waals surface area contributed by atoms with Crippen LogP contribution in [0.25, 0.3) is 0 Å². The first-order valence-electron chi connectivity index (χ1n) is 11.1. The number of rotatable bonds is 8. The largest absolute Gasteiger partial charge is 0.496 e. The zero-order valence-corrected chi connectivity index (χ0v) is 18.9. The van der Waals surface area contributed by atoms with Gasteiger partial charge in [0.15, 0.2) is 5.96 Å². The van der Waals surface area contributed by atoms with Crippen molar-refractivity contribution >= 4 is 11.9 Å². The number of hydrogen-bond donors (Lipinski definition) is 2. The van der Waals surface area contributed by atoms with Gasteiger partial charge >= 0.3 is 0 Å². The minimum atomic E-state index is 0.225. The van der Waals surface area contributed by atoms with E-state index in [-0.39, 0.29) is 5.91 Å². The molecule has 0 fully saturated rings. The van der Waals surface area contributed by atoms with Crippen LogP contribution in [-0.2, 0) is 24.3 Å². The summed E-state index contributed by atoms with van der Waals surface area (Å²) < 4.78 is 5.47. The predicted octanol–water partition coefficient (Wildman–Crippen LogP) is 3.42. The van der Waals surface area contributed by atoms with Crippen molar-refractivity contribution in [3.8, 4) is 5.75 Å². The van der Waals surface area contributed by atoms with Crippen molar-refractivity contribution in [1.82, 2.24) is 15.5 Å². The average Bonchev–Trinajstić information content (AvgIpc) is 2.80. The van der Waals surface area contributed by atoms with E-state index < -0.39 is 0 Å². The van der Waals surface area contributed by atoms with Gasteiger partial charge in [-0.3, -0.25) is 4.79 Å². The quantitative estimate of drug-likeness (QED) is 0.389. The number of aliphatic imine (C=N–C) groups is 1. The number of ether oxygens (including phenoxy) is 1. The van der Waals surface area contributed by atoms with Crippen LogP contribution in [0, 0.1) is 6.92 Å². The molecule has 0 unspecified atom stereocenters. The monoisotopic (exact) mass is 422 g/mol. The highest BCUT2D eigenvalue weighted by molar-refractivity contribution is 5.80. The van der Waals surface area contributed by atoms with Gasteiger partial charge in [0, 0.05) is 38.2 Å². The highest BCUT2D eigenvalue weighted by Gasteiger charge is 2.19. The SMILES string of the molecule is CCNC(=NCc1ccc(C)cc1OC)NCCCC(=O)N1CCc2ccccc2C1. The summed E-state index contributed by atoms with van der Waals surface area (Å²) in [6, 6.07) is 14.5. The second-order valence-electron chi connectivity index (χ2n) is 7.87. The normalized spacial score (nSPS) is 13.5. The highest BCUT2D eigenvalue weighted by atomic mass is 16.5. The number of guanidine groups is 1. The Bertz CT molecular complexity index is 910. The molecule has 0 bridgehead atoms. The summed E-state index contributed by atoms with van der Waals surface area (Å²) in [6.07, 6.45) is 2.26. The van der Waals surface area contributed by atoms with Gasteiger partial charge in [-0.2, -0.15) is 0 Å². The fourth-order valence-corrected chi connectivity index (χ4v) is 3.80. The molecular formula is C25H34N4O2. The Hall–Kier alpha value is -3.02. The smallest absolute Gasteiger partial charge is 0.222 e. The molecule has 0 saturated heterocycles. The van der Waals surface area contributed by atoms with Gasteiger partial charge in [0.25, 0.3) is 0 Å².